The van der Waals surface area contributed by atoms with Crippen molar-refractivity contribution in [2.24, 2.45) is 5.92 Å². The Morgan fingerprint density at radius 1 is 1.17 bits per heavy atom. The predicted octanol–water partition coefficient (Wildman–Crippen LogP) is 2.10. The molecule has 1 aliphatic rings. The number of hydrogen-bond donors (Lipinski definition) is 1. The molecule has 130 valence electrons. The maximum atomic E-state index is 12.4. The number of carbonyl (C=O) groups is 3. The Hall–Kier alpha value is -2.21. The average molecular weight is 332 g/mol. The van der Waals surface area contributed by atoms with Gasteiger partial charge in [-0.25, -0.2) is 0 Å². The summed E-state index contributed by atoms with van der Waals surface area (Å²) in [6, 6.07) is 6.57. The Morgan fingerprint density at radius 3 is 2.25 bits per heavy atom. The van der Waals surface area contributed by atoms with E-state index in [0.29, 0.717) is 37.2 Å². The summed E-state index contributed by atoms with van der Waals surface area (Å²) in [4.78, 5) is 37.3. The van der Waals surface area contributed by atoms with Crippen molar-refractivity contribution in [3.63, 3.8) is 0 Å². The van der Waals surface area contributed by atoms with Crippen LogP contribution in [-0.4, -0.2) is 48.8 Å². The summed E-state index contributed by atoms with van der Waals surface area (Å²) in [5.41, 5.74) is 1.28. The van der Waals surface area contributed by atoms with E-state index in [9.17, 15) is 14.4 Å². The van der Waals surface area contributed by atoms with E-state index < -0.39 is 0 Å². The van der Waals surface area contributed by atoms with Gasteiger partial charge < -0.3 is 10.1 Å². The van der Waals surface area contributed by atoms with Gasteiger partial charge in [-0.2, -0.15) is 0 Å². The fourth-order valence-electron chi connectivity index (χ4n) is 2.89. The number of hydrogen-bond acceptors (Lipinski definition) is 5. The van der Waals surface area contributed by atoms with Crippen molar-refractivity contribution in [3.05, 3.63) is 29.8 Å². The Morgan fingerprint density at radius 2 is 1.75 bits per heavy atom. The van der Waals surface area contributed by atoms with Crippen molar-refractivity contribution >= 4 is 23.3 Å². The first-order chi connectivity index (χ1) is 11.4. The number of methoxy groups -OCH3 is 1. The van der Waals surface area contributed by atoms with Crippen LogP contribution in [0.4, 0.5) is 5.69 Å². The molecule has 2 rings (SSSR count). The smallest absolute Gasteiger partial charge is 0.308 e. The van der Waals surface area contributed by atoms with E-state index in [2.05, 4.69) is 10.2 Å². The second-order valence-corrected chi connectivity index (χ2v) is 6.13. The van der Waals surface area contributed by atoms with E-state index in [1.54, 1.807) is 24.3 Å². The normalized spacial score (nSPS) is 17.1. The molecule has 6 nitrogen and oxygen atoms in total. The van der Waals surface area contributed by atoms with Gasteiger partial charge in [-0.1, -0.05) is 0 Å². The van der Waals surface area contributed by atoms with Crippen molar-refractivity contribution in [2.75, 3.05) is 25.5 Å². The lowest BCUT2D eigenvalue weighted by molar-refractivity contribution is -0.147. The predicted molar refractivity (Wildman–Crippen MR) is 90.9 cm³/mol. The zero-order valence-corrected chi connectivity index (χ0v) is 14.4. The van der Waals surface area contributed by atoms with Gasteiger partial charge in [0.1, 0.15) is 0 Å². The number of piperidine rings is 1. The number of likely N-dealkylation sites (tertiary alicyclic amines) is 1. The molecule has 1 aliphatic heterocycles. The average Bonchev–Trinajstić information content (AvgIpc) is 2.61. The highest BCUT2D eigenvalue weighted by Crippen LogP contribution is 2.21. The van der Waals surface area contributed by atoms with Gasteiger partial charge in [0.15, 0.2) is 5.78 Å². The summed E-state index contributed by atoms with van der Waals surface area (Å²) in [7, 11) is 1.40. The van der Waals surface area contributed by atoms with Crippen LogP contribution in [0.2, 0.25) is 0 Å². The topological polar surface area (TPSA) is 75.7 Å². The molecule has 0 spiro atoms. The molecular weight excluding hydrogens is 308 g/mol. The molecule has 0 bridgehead atoms. The van der Waals surface area contributed by atoms with E-state index >= 15 is 0 Å². The van der Waals surface area contributed by atoms with Gasteiger partial charge in [0.2, 0.25) is 5.91 Å². The lowest BCUT2D eigenvalue weighted by Crippen LogP contribution is -2.47. The summed E-state index contributed by atoms with van der Waals surface area (Å²) in [5.74, 6) is -0.338. The molecule has 0 unspecified atom stereocenters. The molecule has 1 amide bonds. The van der Waals surface area contributed by atoms with Gasteiger partial charge >= 0.3 is 5.97 Å². The number of amides is 1. The molecule has 1 aromatic carbocycles. The number of nitrogens with one attached hydrogen (secondary N) is 1. The third-order valence-corrected chi connectivity index (χ3v) is 4.55. The molecule has 1 heterocycles. The van der Waals surface area contributed by atoms with Crippen LogP contribution < -0.4 is 5.32 Å². The Kier molecular flexibility index (Phi) is 6.09. The van der Waals surface area contributed by atoms with Crippen LogP contribution in [0, 0.1) is 5.92 Å². The molecule has 0 aliphatic carbocycles. The van der Waals surface area contributed by atoms with Crippen molar-refractivity contribution in [1.29, 1.82) is 0 Å². The van der Waals surface area contributed by atoms with E-state index in [1.165, 1.54) is 14.0 Å². The Bertz CT molecular complexity index is 604. The molecule has 1 aromatic rings. The maximum absolute atomic E-state index is 12.4. The second-order valence-electron chi connectivity index (χ2n) is 6.13. The molecular formula is C18H24N2O4. The first-order valence-corrected chi connectivity index (χ1v) is 8.16. The fraction of sp³-hybridized carbons (Fsp3) is 0.500. The first-order valence-electron chi connectivity index (χ1n) is 8.16. The van der Waals surface area contributed by atoms with Crippen LogP contribution in [0.1, 0.15) is 37.0 Å². The quantitative estimate of drug-likeness (QED) is 0.660. The number of nitrogens with zero attached hydrogens (tertiary/aromatic N) is 1. The highest BCUT2D eigenvalue weighted by molar-refractivity contribution is 5.97. The molecule has 1 atom stereocenters. The number of Topliss-reactive ketones (excluding diaryl/α,β-unsaturated/α-hetero) is 1. The van der Waals surface area contributed by atoms with Crippen LogP contribution >= 0.6 is 0 Å². The highest BCUT2D eigenvalue weighted by Gasteiger charge is 2.30. The van der Waals surface area contributed by atoms with Gasteiger partial charge in [-0.05, 0) is 64.0 Å². The number of carbonyl (C=O) groups excluding carboxylic acids is 3. The molecule has 1 saturated heterocycles. The summed E-state index contributed by atoms with van der Waals surface area (Å²) in [5, 5.41) is 2.87. The zero-order chi connectivity index (χ0) is 17.7. The second kappa shape index (κ2) is 8.06. The number of anilines is 1. The van der Waals surface area contributed by atoms with E-state index in [-0.39, 0.29) is 29.6 Å². The van der Waals surface area contributed by atoms with Crippen LogP contribution in [0.5, 0.6) is 0 Å². The van der Waals surface area contributed by atoms with Crippen molar-refractivity contribution in [1.82, 2.24) is 4.90 Å². The molecule has 6 heteroatoms. The Labute approximate surface area is 142 Å². The number of rotatable bonds is 5. The van der Waals surface area contributed by atoms with Crippen LogP contribution in [0.25, 0.3) is 0 Å². The lowest BCUT2D eigenvalue weighted by atomic mass is 9.96. The molecule has 1 N–H and O–H groups in total. The number of esters is 1. The van der Waals surface area contributed by atoms with Crippen molar-refractivity contribution in [2.45, 2.75) is 32.7 Å². The van der Waals surface area contributed by atoms with Gasteiger partial charge in [0, 0.05) is 11.3 Å². The van der Waals surface area contributed by atoms with Gasteiger partial charge in [-0.15, -0.1) is 0 Å². The number of ketones is 1. The minimum absolute atomic E-state index is 0.00489. The SMILES string of the molecule is COC(=O)C1CCN([C@H](C)C(=O)Nc2ccc(C(C)=O)cc2)CC1. The van der Waals surface area contributed by atoms with Crippen molar-refractivity contribution in [3.8, 4) is 0 Å². The van der Waals surface area contributed by atoms with Crippen LogP contribution in [0.15, 0.2) is 24.3 Å². The van der Waals surface area contributed by atoms with E-state index in [4.69, 9.17) is 4.74 Å². The molecule has 0 saturated carbocycles. The molecule has 0 aromatic heterocycles. The third-order valence-electron chi connectivity index (χ3n) is 4.55. The summed E-state index contributed by atoms with van der Waals surface area (Å²) in [6.07, 6.45) is 1.41. The van der Waals surface area contributed by atoms with Crippen LogP contribution in [0.3, 0.4) is 0 Å². The summed E-state index contributed by atoms with van der Waals surface area (Å²) in [6.45, 7) is 4.75. The Balaban J connectivity index is 1.88. The largest absolute Gasteiger partial charge is 0.469 e. The highest BCUT2D eigenvalue weighted by atomic mass is 16.5. The van der Waals surface area contributed by atoms with Gasteiger partial charge in [-0.3, -0.25) is 19.3 Å². The van der Waals surface area contributed by atoms with E-state index in [0.717, 1.165) is 0 Å². The number of benzene rings is 1. The van der Waals surface area contributed by atoms with Crippen LogP contribution in [-0.2, 0) is 14.3 Å². The zero-order valence-electron chi connectivity index (χ0n) is 14.4. The molecule has 24 heavy (non-hydrogen) atoms. The maximum Gasteiger partial charge on any atom is 0.308 e. The summed E-state index contributed by atoms with van der Waals surface area (Å²) >= 11 is 0. The minimum atomic E-state index is -0.281. The number of ether oxygens (including phenoxy) is 1. The summed E-state index contributed by atoms with van der Waals surface area (Å²) < 4.78 is 4.78. The molecule has 0 radical (unpaired) electrons. The van der Waals surface area contributed by atoms with Gasteiger partial charge in [0.25, 0.3) is 0 Å². The first kappa shape index (κ1) is 18.1. The molecule has 1 fully saturated rings. The minimum Gasteiger partial charge on any atom is -0.469 e. The standard InChI is InChI=1S/C18H24N2O4/c1-12(20-10-8-15(9-11-20)18(23)24-3)17(22)19-16-6-4-14(5-7-16)13(2)21/h4-7,12,15H,8-11H2,1-3H3,(H,19,22)/t12-/m1/s1. The van der Waals surface area contributed by atoms with Crippen molar-refractivity contribution < 1.29 is 19.1 Å². The van der Waals surface area contributed by atoms with Gasteiger partial charge in [0.05, 0.1) is 19.1 Å². The third kappa shape index (κ3) is 4.41. The van der Waals surface area contributed by atoms with E-state index in [1.807, 2.05) is 6.92 Å². The fourth-order valence-corrected chi connectivity index (χ4v) is 2.89. The lowest BCUT2D eigenvalue weighted by Gasteiger charge is -2.34. The monoisotopic (exact) mass is 332 g/mol.